The Hall–Kier alpha value is -0.380. The highest BCUT2D eigenvalue weighted by atomic mass is 16.7. The van der Waals surface area contributed by atoms with Gasteiger partial charge in [-0.1, -0.05) is 6.08 Å². The number of hydrogen-bond acceptors (Lipinski definition) is 3. The molecule has 1 aliphatic heterocycles. The van der Waals surface area contributed by atoms with E-state index in [0.29, 0.717) is 13.0 Å². The van der Waals surface area contributed by atoms with Gasteiger partial charge in [-0.05, 0) is 12.8 Å². The quantitative estimate of drug-likeness (QED) is 0.647. The van der Waals surface area contributed by atoms with Crippen molar-refractivity contribution in [2.75, 3.05) is 13.7 Å². The summed E-state index contributed by atoms with van der Waals surface area (Å²) in [4.78, 5) is 0. The van der Waals surface area contributed by atoms with Crippen molar-refractivity contribution < 1.29 is 14.6 Å². The molecule has 12 heavy (non-hydrogen) atoms. The first-order valence-electron chi connectivity index (χ1n) is 4.23. The van der Waals surface area contributed by atoms with Crippen molar-refractivity contribution in [1.82, 2.24) is 0 Å². The van der Waals surface area contributed by atoms with E-state index >= 15 is 0 Å². The summed E-state index contributed by atoms with van der Waals surface area (Å²) in [6.45, 7) is 4.26. The van der Waals surface area contributed by atoms with E-state index < -0.39 is 11.9 Å². The van der Waals surface area contributed by atoms with Crippen LogP contribution in [0.15, 0.2) is 12.7 Å². The molecule has 3 nitrogen and oxygen atoms in total. The number of methoxy groups -OCH3 is 1. The lowest BCUT2D eigenvalue weighted by molar-refractivity contribution is -0.287. The predicted octanol–water partition coefficient (Wildman–Crippen LogP) is 1.08. The molecular weight excluding hydrogens is 156 g/mol. The second-order valence-corrected chi connectivity index (χ2v) is 3.02. The van der Waals surface area contributed by atoms with Crippen LogP contribution in [0.4, 0.5) is 0 Å². The van der Waals surface area contributed by atoms with Crippen molar-refractivity contribution in [3.05, 3.63) is 12.7 Å². The maximum absolute atomic E-state index is 9.65. The molecule has 0 saturated carbocycles. The van der Waals surface area contributed by atoms with Gasteiger partial charge < -0.3 is 14.6 Å². The number of hydrogen-bond donors (Lipinski definition) is 1. The topological polar surface area (TPSA) is 38.7 Å². The Morgan fingerprint density at radius 2 is 2.58 bits per heavy atom. The smallest absolute Gasteiger partial charge is 0.197 e. The molecule has 1 saturated heterocycles. The van der Waals surface area contributed by atoms with E-state index in [0.717, 1.165) is 12.8 Å². The number of aliphatic hydroxyl groups is 1. The van der Waals surface area contributed by atoms with Crippen molar-refractivity contribution in [2.24, 2.45) is 0 Å². The summed E-state index contributed by atoms with van der Waals surface area (Å²) in [6, 6.07) is 0. The predicted molar refractivity (Wildman–Crippen MR) is 45.7 cm³/mol. The van der Waals surface area contributed by atoms with Gasteiger partial charge in [0.2, 0.25) is 0 Å². The van der Waals surface area contributed by atoms with Crippen LogP contribution < -0.4 is 0 Å². The van der Waals surface area contributed by atoms with Crippen molar-refractivity contribution >= 4 is 0 Å². The average Bonchev–Trinajstić information content (AvgIpc) is 2.10. The standard InChI is InChI=1S/C9H16O3/c1-3-6-9(11-2)8(10)5-4-7-12-9/h3,8,10H,1,4-7H2,2H3. The number of aliphatic hydroxyl groups excluding tert-OH is 1. The molecule has 0 aromatic heterocycles. The molecule has 3 heteroatoms. The number of ether oxygens (including phenoxy) is 2. The molecule has 0 aromatic rings. The zero-order valence-corrected chi connectivity index (χ0v) is 7.45. The van der Waals surface area contributed by atoms with Gasteiger partial charge in [-0.3, -0.25) is 0 Å². The van der Waals surface area contributed by atoms with Crippen LogP contribution in [0.1, 0.15) is 19.3 Å². The summed E-state index contributed by atoms with van der Waals surface area (Å²) >= 11 is 0. The van der Waals surface area contributed by atoms with Crippen LogP contribution in [-0.2, 0) is 9.47 Å². The summed E-state index contributed by atoms with van der Waals surface area (Å²) in [7, 11) is 1.55. The summed E-state index contributed by atoms with van der Waals surface area (Å²) in [5.41, 5.74) is 0. The van der Waals surface area contributed by atoms with Crippen molar-refractivity contribution in [3.8, 4) is 0 Å². The Morgan fingerprint density at radius 1 is 1.83 bits per heavy atom. The largest absolute Gasteiger partial charge is 0.387 e. The second kappa shape index (κ2) is 4.03. The van der Waals surface area contributed by atoms with Crippen LogP contribution in [0.3, 0.4) is 0 Å². The molecule has 1 rings (SSSR count). The molecule has 2 atom stereocenters. The zero-order chi connectivity index (χ0) is 9.03. The summed E-state index contributed by atoms with van der Waals surface area (Å²) in [5, 5.41) is 9.65. The second-order valence-electron chi connectivity index (χ2n) is 3.02. The minimum absolute atomic E-state index is 0.532. The normalized spacial score (nSPS) is 36.3. The fraction of sp³-hybridized carbons (Fsp3) is 0.778. The van der Waals surface area contributed by atoms with E-state index in [1.807, 2.05) is 0 Å². The van der Waals surface area contributed by atoms with Gasteiger partial charge in [0.25, 0.3) is 0 Å². The van der Waals surface area contributed by atoms with E-state index in [2.05, 4.69) is 6.58 Å². The SMILES string of the molecule is C=CCC1(OC)OCCCC1O. The fourth-order valence-electron chi connectivity index (χ4n) is 1.51. The van der Waals surface area contributed by atoms with E-state index in [9.17, 15) is 5.11 Å². The van der Waals surface area contributed by atoms with E-state index in [1.54, 1.807) is 13.2 Å². The Kier molecular flexibility index (Phi) is 3.26. The first-order valence-corrected chi connectivity index (χ1v) is 4.23. The third kappa shape index (κ3) is 1.68. The summed E-state index contributed by atoms with van der Waals surface area (Å²) in [6.07, 6.45) is 3.34. The lowest BCUT2D eigenvalue weighted by atomic mass is 9.99. The lowest BCUT2D eigenvalue weighted by Gasteiger charge is -2.39. The first kappa shape index (κ1) is 9.71. The van der Waals surface area contributed by atoms with Crippen LogP contribution in [0.5, 0.6) is 0 Å². The number of rotatable bonds is 3. The molecule has 0 aliphatic carbocycles. The molecule has 70 valence electrons. The van der Waals surface area contributed by atoms with E-state index in [4.69, 9.17) is 9.47 Å². The molecule has 1 aliphatic rings. The van der Waals surface area contributed by atoms with Crippen LogP contribution in [0, 0.1) is 0 Å². The Labute approximate surface area is 73.0 Å². The van der Waals surface area contributed by atoms with E-state index in [1.165, 1.54) is 0 Å². The summed E-state index contributed by atoms with van der Waals surface area (Å²) < 4.78 is 10.6. The third-order valence-electron chi connectivity index (χ3n) is 2.25. The van der Waals surface area contributed by atoms with Crippen LogP contribution in [0.2, 0.25) is 0 Å². The monoisotopic (exact) mass is 172 g/mol. The minimum atomic E-state index is -0.833. The highest BCUT2D eigenvalue weighted by Crippen LogP contribution is 2.29. The van der Waals surface area contributed by atoms with Gasteiger partial charge in [-0.25, -0.2) is 0 Å². The third-order valence-corrected chi connectivity index (χ3v) is 2.25. The molecule has 0 aromatic carbocycles. The Bertz CT molecular complexity index is 158. The van der Waals surface area contributed by atoms with Crippen molar-refractivity contribution in [3.63, 3.8) is 0 Å². The first-order chi connectivity index (χ1) is 5.75. The van der Waals surface area contributed by atoms with E-state index in [-0.39, 0.29) is 0 Å². The van der Waals surface area contributed by atoms with Crippen molar-refractivity contribution in [1.29, 1.82) is 0 Å². The maximum Gasteiger partial charge on any atom is 0.197 e. The zero-order valence-electron chi connectivity index (χ0n) is 7.45. The molecule has 0 radical (unpaired) electrons. The molecule has 0 amide bonds. The van der Waals surface area contributed by atoms with Crippen molar-refractivity contribution in [2.45, 2.75) is 31.2 Å². The maximum atomic E-state index is 9.65. The lowest BCUT2D eigenvalue weighted by Crippen LogP contribution is -2.49. The molecule has 0 spiro atoms. The van der Waals surface area contributed by atoms with Crippen LogP contribution in [0.25, 0.3) is 0 Å². The summed E-state index contributed by atoms with van der Waals surface area (Å²) in [5.74, 6) is -0.833. The van der Waals surface area contributed by atoms with Gasteiger partial charge >= 0.3 is 0 Å². The van der Waals surface area contributed by atoms with Gasteiger partial charge in [0.15, 0.2) is 5.79 Å². The Balaban J connectivity index is 2.65. The molecule has 1 N–H and O–H groups in total. The van der Waals surface area contributed by atoms with Gasteiger partial charge in [-0.15, -0.1) is 6.58 Å². The Morgan fingerprint density at radius 3 is 3.08 bits per heavy atom. The molecule has 1 heterocycles. The van der Waals surface area contributed by atoms with Gasteiger partial charge in [0.1, 0.15) is 6.10 Å². The van der Waals surface area contributed by atoms with Gasteiger partial charge in [0.05, 0.1) is 6.61 Å². The highest BCUT2D eigenvalue weighted by Gasteiger charge is 2.40. The van der Waals surface area contributed by atoms with Crippen LogP contribution in [-0.4, -0.2) is 30.7 Å². The average molecular weight is 172 g/mol. The fourth-order valence-corrected chi connectivity index (χ4v) is 1.51. The molecule has 2 unspecified atom stereocenters. The highest BCUT2D eigenvalue weighted by molar-refractivity contribution is 4.88. The minimum Gasteiger partial charge on any atom is -0.387 e. The molecular formula is C9H16O3. The van der Waals surface area contributed by atoms with Gasteiger partial charge in [0, 0.05) is 13.5 Å². The molecule has 1 fully saturated rings. The van der Waals surface area contributed by atoms with Gasteiger partial charge in [-0.2, -0.15) is 0 Å². The molecule has 0 bridgehead atoms. The van der Waals surface area contributed by atoms with Crippen LogP contribution >= 0.6 is 0 Å².